The Morgan fingerprint density at radius 3 is 2.76 bits per heavy atom. The van der Waals surface area contributed by atoms with Crippen LogP contribution in [0.5, 0.6) is 0 Å². The first-order valence-electron chi connectivity index (χ1n) is 8.12. The monoisotopic (exact) mass is 341 g/mol. The first kappa shape index (κ1) is 17.0. The predicted molar refractivity (Wildman–Crippen MR) is 89.8 cm³/mol. The summed E-state index contributed by atoms with van der Waals surface area (Å²) in [6, 6.07) is 8.49. The molecule has 1 fully saturated rings. The van der Waals surface area contributed by atoms with Crippen molar-refractivity contribution in [2.24, 2.45) is 0 Å². The van der Waals surface area contributed by atoms with E-state index in [4.69, 9.17) is 0 Å². The topological polar surface area (TPSA) is 107 Å². The quantitative estimate of drug-likeness (QED) is 0.874. The molecule has 1 aromatic carbocycles. The van der Waals surface area contributed by atoms with Crippen LogP contribution in [0.15, 0.2) is 24.3 Å². The van der Waals surface area contributed by atoms with E-state index >= 15 is 0 Å². The summed E-state index contributed by atoms with van der Waals surface area (Å²) in [6.07, 6.45) is -0.301. The van der Waals surface area contributed by atoms with Crippen molar-refractivity contribution in [3.63, 3.8) is 0 Å². The molecule has 2 aromatic rings. The SMILES string of the molecule is Cc1c(C#N)c2ccccc2n1CC(=O)N1CC[C@H](O)C[C@@H]1C(=O)O. The Morgan fingerprint density at radius 1 is 1.36 bits per heavy atom. The number of aliphatic carboxylic acids is 1. The third kappa shape index (κ3) is 2.96. The van der Waals surface area contributed by atoms with E-state index < -0.39 is 18.1 Å². The number of amides is 1. The molecule has 2 heterocycles. The van der Waals surface area contributed by atoms with Gasteiger partial charge < -0.3 is 19.7 Å². The molecule has 0 spiro atoms. The number of aliphatic hydroxyl groups is 1. The molecule has 1 aliphatic heterocycles. The van der Waals surface area contributed by atoms with Crippen molar-refractivity contribution >= 4 is 22.8 Å². The highest BCUT2D eigenvalue weighted by molar-refractivity contribution is 5.90. The molecule has 0 unspecified atom stereocenters. The zero-order chi connectivity index (χ0) is 18.1. The number of carbonyl (C=O) groups excluding carboxylic acids is 1. The van der Waals surface area contributed by atoms with Gasteiger partial charge in [-0.2, -0.15) is 5.26 Å². The van der Waals surface area contributed by atoms with Crippen molar-refractivity contribution in [2.75, 3.05) is 6.54 Å². The summed E-state index contributed by atoms with van der Waals surface area (Å²) in [6.45, 7) is 1.95. The largest absolute Gasteiger partial charge is 0.480 e. The van der Waals surface area contributed by atoms with Gasteiger partial charge >= 0.3 is 5.97 Å². The van der Waals surface area contributed by atoms with Gasteiger partial charge in [0.2, 0.25) is 5.91 Å². The second-order valence-corrected chi connectivity index (χ2v) is 6.29. The lowest BCUT2D eigenvalue weighted by atomic mass is 9.99. The second-order valence-electron chi connectivity index (χ2n) is 6.29. The van der Waals surface area contributed by atoms with E-state index in [1.807, 2.05) is 24.3 Å². The molecule has 7 heteroatoms. The lowest BCUT2D eigenvalue weighted by molar-refractivity contribution is -0.154. The number of nitriles is 1. The number of carbonyl (C=O) groups is 2. The molecule has 0 radical (unpaired) electrons. The minimum absolute atomic E-state index is 0.0338. The Labute approximate surface area is 144 Å². The fourth-order valence-electron chi connectivity index (χ4n) is 3.48. The average Bonchev–Trinajstić information content (AvgIpc) is 2.86. The van der Waals surface area contributed by atoms with Gasteiger partial charge in [-0.1, -0.05) is 18.2 Å². The van der Waals surface area contributed by atoms with Gasteiger partial charge in [-0.05, 0) is 19.4 Å². The maximum absolute atomic E-state index is 12.8. The van der Waals surface area contributed by atoms with E-state index in [9.17, 15) is 25.1 Å². The Kier molecular flexibility index (Phi) is 4.47. The zero-order valence-electron chi connectivity index (χ0n) is 13.8. The third-order valence-corrected chi connectivity index (χ3v) is 4.82. The maximum atomic E-state index is 12.8. The summed E-state index contributed by atoms with van der Waals surface area (Å²) in [7, 11) is 0. The molecule has 0 saturated carbocycles. The third-order valence-electron chi connectivity index (χ3n) is 4.82. The van der Waals surface area contributed by atoms with E-state index in [1.165, 1.54) is 4.90 Å². The Morgan fingerprint density at radius 2 is 2.08 bits per heavy atom. The van der Waals surface area contributed by atoms with Crippen LogP contribution in [0.25, 0.3) is 10.9 Å². The molecule has 1 aromatic heterocycles. The summed E-state index contributed by atoms with van der Waals surface area (Å²) in [4.78, 5) is 25.5. The molecule has 25 heavy (non-hydrogen) atoms. The molecule has 2 N–H and O–H groups in total. The number of para-hydroxylation sites is 1. The van der Waals surface area contributed by atoms with Crippen molar-refractivity contribution in [1.29, 1.82) is 5.26 Å². The van der Waals surface area contributed by atoms with Crippen molar-refractivity contribution in [3.8, 4) is 6.07 Å². The first-order valence-corrected chi connectivity index (χ1v) is 8.12. The molecular formula is C18H19N3O4. The van der Waals surface area contributed by atoms with Gasteiger partial charge in [0.15, 0.2) is 0 Å². The lowest BCUT2D eigenvalue weighted by Crippen LogP contribution is -2.52. The van der Waals surface area contributed by atoms with Crippen LogP contribution in [0.1, 0.15) is 24.1 Å². The number of aromatic nitrogens is 1. The Hall–Kier alpha value is -2.85. The van der Waals surface area contributed by atoms with Crippen molar-refractivity contribution in [2.45, 2.75) is 38.5 Å². The predicted octanol–water partition coefficient (Wildman–Crippen LogP) is 1.26. The molecule has 1 amide bonds. The molecule has 7 nitrogen and oxygen atoms in total. The van der Waals surface area contributed by atoms with Crippen molar-refractivity contribution in [3.05, 3.63) is 35.5 Å². The normalized spacial score (nSPS) is 20.4. The van der Waals surface area contributed by atoms with Gasteiger partial charge in [0.05, 0.1) is 17.2 Å². The van der Waals surface area contributed by atoms with E-state index in [2.05, 4.69) is 6.07 Å². The number of rotatable bonds is 3. The number of likely N-dealkylation sites (tertiary alicyclic amines) is 1. The smallest absolute Gasteiger partial charge is 0.326 e. The summed E-state index contributed by atoms with van der Waals surface area (Å²) < 4.78 is 1.75. The van der Waals surface area contributed by atoms with E-state index in [0.717, 1.165) is 10.9 Å². The maximum Gasteiger partial charge on any atom is 0.326 e. The fourth-order valence-corrected chi connectivity index (χ4v) is 3.48. The van der Waals surface area contributed by atoms with Crippen LogP contribution in [-0.2, 0) is 16.1 Å². The second kappa shape index (κ2) is 6.57. The van der Waals surface area contributed by atoms with Gasteiger partial charge in [-0.3, -0.25) is 4.79 Å². The molecule has 2 atom stereocenters. The number of aliphatic hydroxyl groups excluding tert-OH is 1. The van der Waals surface area contributed by atoms with Crippen LogP contribution in [0, 0.1) is 18.3 Å². The number of carboxylic acids is 1. The number of hydrogen-bond donors (Lipinski definition) is 2. The van der Waals surface area contributed by atoms with Gasteiger partial charge in [-0.25, -0.2) is 4.79 Å². The molecule has 1 aliphatic rings. The minimum atomic E-state index is -1.11. The van der Waals surface area contributed by atoms with Crippen molar-refractivity contribution < 1.29 is 19.8 Å². The molecule has 3 rings (SSSR count). The van der Waals surface area contributed by atoms with Gasteiger partial charge in [0.1, 0.15) is 18.7 Å². The highest BCUT2D eigenvalue weighted by atomic mass is 16.4. The van der Waals surface area contributed by atoms with Crippen LogP contribution in [0.4, 0.5) is 0 Å². The molecule has 130 valence electrons. The number of piperidine rings is 1. The van der Waals surface area contributed by atoms with E-state index in [1.54, 1.807) is 11.5 Å². The summed E-state index contributed by atoms with van der Waals surface area (Å²) >= 11 is 0. The van der Waals surface area contributed by atoms with Crippen molar-refractivity contribution in [1.82, 2.24) is 9.47 Å². The lowest BCUT2D eigenvalue weighted by Gasteiger charge is -2.35. The summed E-state index contributed by atoms with van der Waals surface area (Å²) in [5.41, 5.74) is 1.97. The highest BCUT2D eigenvalue weighted by Gasteiger charge is 2.35. The fraction of sp³-hybridized carbons (Fsp3) is 0.389. The van der Waals surface area contributed by atoms with Crippen LogP contribution in [0.2, 0.25) is 0 Å². The van der Waals surface area contributed by atoms with Gasteiger partial charge in [0.25, 0.3) is 0 Å². The minimum Gasteiger partial charge on any atom is -0.480 e. The molecule has 1 saturated heterocycles. The van der Waals surface area contributed by atoms with E-state index in [0.29, 0.717) is 17.7 Å². The van der Waals surface area contributed by atoms with Gasteiger partial charge in [-0.15, -0.1) is 0 Å². The van der Waals surface area contributed by atoms with Gasteiger partial charge in [0, 0.05) is 24.0 Å². The Bertz CT molecular complexity index is 880. The van der Waals surface area contributed by atoms with Crippen LogP contribution in [0.3, 0.4) is 0 Å². The summed E-state index contributed by atoms with van der Waals surface area (Å²) in [5.74, 6) is -1.44. The zero-order valence-corrected chi connectivity index (χ0v) is 13.8. The number of fused-ring (bicyclic) bond motifs is 1. The number of carboxylic acid groups (broad SMARTS) is 1. The molecule has 0 aliphatic carbocycles. The van der Waals surface area contributed by atoms with Crippen LogP contribution in [-0.4, -0.2) is 50.2 Å². The van der Waals surface area contributed by atoms with Crippen LogP contribution < -0.4 is 0 Å². The number of benzene rings is 1. The highest BCUT2D eigenvalue weighted by Crippen LogP contribution is 2.26. The summed E-state index contributed by atoms with van der Waals surface area (Å²) in [5, 5.41) is 29.2. The molecule has 0 bridgehead atoms. The average molecular weight is 341 g/mol. The first-order chi connectivity index (χ1) is 11.9. The standard InChI is InChI=1S/C18H19N3O4/c1-11-14(9-19)13-4-2-3-5-15(13)21(11)10-17(23)20-7-6-12(22)8-16(20)18(24)25/h2-5,12,16,22H,6-8,10H2,1H3,(H,24,25)/t12-,16+/m0/s1. The number of nitrogens with zero attached hydrogens (tertiary/aromatic N) is 3. The number of hydrogen-bond acceptors (Lipinski definition) is 4. The van der Waals surface area contributed by atoms with Crippen LogP contribution >= 0.6 is 0 Å². The van der Waals surface area contributed by atoms with E-state index in [-0.39, 0.29) is 25.4 Å². The Balaban J connectivity index is 1.94. The molecular weight excluding hydrogens is 322 g/mol.